The van der Waals surface area contributed by atoms with Crippen molar-refractivity contribution in [2.45, 2.75) is 158 Å². The predicted molar refractivity (Wildman–Crippen MR) is 190 cm³/mol. The Bertz CT molecular complexity index is 1500. The maximum Gasteiger partial charge on any atom is 0.314 e. The SMILES string of the molecule is CC.CCC1CC(OC(C)=O)CC(OC(=O)[C@]23CCC(C)(C)CC2C2C(=O)CC=C4C5(C)C=C(C#N)C(=O)C(C)C5CCC4(C)C2(C)CC3)O1. The topological polar surface area (TPSA) is 120 Å². The van der Waals surface area contributed by atoms with E-state index in [0.717, 1.165) is 25.7 Å². The van der Waals surface area contributed by atoms with Gasteiger partial charge in [-0.2, -0.15) is 5.26 Å². The number of nitriles is 1. The third-order valence-corrected chi connectivity index (χ3v) is 14.5. The number of ether oxygens (including phenoxy) is 3. The number of carbonyl (C=O) groups excluding carboxylic acids is 4. The zero-order valence-corrected chi connectivity index (χ0v) is 32.3. The molecule has 10 unspecified atom stereocenters. The summed E-state index contributed by atoms with van der Waals surface area (Å²) in [6, 6.07) is 2.19. The largest absolute Gasteiger partial charge is 0.462 e. The first-order chi connectivity index (χ1) is 23.4. The van der Waals surface area contributed by atoms with E-state index in [-0.39, 0.29) is 82.2 Å². The van der Waals surface area contributed by atoms with Crippen LogP contribution in [-0.2, 0) is 33.4 Å². The Labute approximate surface area is 300 Å². The van der Waals surface area contributed by atoms with E-state index in [1.165, 1.54) is 12.5 Å². The van der Waals surface area contributed by atoms with Crippen molar-refractivity contribution in [3.8, 4) is 6.07 Å². The van der Waals surface area contributed by atoms with E-state index in [9.17, 15) is 24.4 Å². The molecular weight excluding hydrogens is 630 g/mol. The monoisotopic (exact) mass is 691 g/mol. The second-order valence-corrected chi connectivity index (χ2v) is 17.6. The summed E-state index contributed by atoms with van der Waals surface area (Å²) in [4.78, 5) is 54.3. The van der Waals surface area contributed by atoms with Gasteiger partial charge >= 0.3 is 11.9 Å². The first kappa shape index (κ1) is 38.4. The lowest BCUT2D eigenvalue weighted by Gasteiger charge is -2.66. The van der Waals surface area contributed by atoms with Crippen LogP contribution in [0.5, 0.6) is 0 Å². The summed E-state index contributed by atoms with van der Waals surface area (Å²) in [6.07, 6.45) is 9.89. The van der Waals surface area contributed by atoms with E-state index in [1.54, 1.807) is 0 Å². The highest BCUT2D eigenvalue weighted by Gasteiger charge is 2.69. The molecule has 1 heterocycles. The maximum atomic E-state index is 14.7. The zero-order valence-electron chi connectivity index (χ0n) is 32.3. The quantitative estimate of drug-likeness (QED) is 0.212. The summed E-state index contributed by atoms with van der Waals surface area (Å²) in [5.74, 6) is -1.25. The number of Topliss-reactive ketones (excluding diaryl/α,β-unsaturated/α-hetero) is 2. The Kier molecular flexibility index (Phi) is 10.5. The predicted octanol–water partition coefficient (Wildman–Crippen LogP) is 8.62. The molecule has 0 bridgehead atoms. The fourth-order valence-electron chi connectivity index (χ4n) is 11.7. The zero-order chi connectivity index (χ0) is 37.0. The lowest BCUT2D eigenvalue weighted by molar-refractivity contribution is -0.238. The molecule has 11 atom stereocenters. The molecule has 8 nitrogen and oxygen atoms in total. The minimum absolute atomic E-state index is 0.0429. The molecule has 3 saturated carbocycles. The molecule has 5 aliphatic carbocycles. The van der Waals surface area contributed by atoms with Crippen molar-refractivity contribution in [3.05, 3.63) is 23.3 Å². The van der Waals surface area contributed by atoms with Gasteiger partial charge in [0.05, 0.1) is 17.1 Å². The summed E-state index contributed by atoms with van der Waals surface area (Å²) >= 11 is 0. The highest BCUT2D eigenvalue weighted by Crippen LogP contribution is 2.73. The molecule has 0 radical (unpaired) electrons. The van der Waals surface area contributed by atoms with Crippen LogP contribution in [0.4, 0.5) is 0 Å². The van der Waals surface area contributed by atoms with E-state index in [1.807, 2.05) is 33.8 Å². The van der Waals surface area contributed by atoms with Gasteiger partial charge in [0, 0.05) is 43.4 Å². The molecule has 0 aromatic carbocycles. The fourth-order valence-corrected chi connectivity index (χ4v) is 11.7. The third-order valence-electron chi connectivity index (χ3n) is 14.5. The lowest BCUT2D eigenvalue weighted by Crippen LogP contribution is -2.63. The molecule has 0 amide bonds. The average molecular weight is 692 g/mol. The molecule has 0 spiro atoms. The van der Waals surface area contributed by atoms with Crippen molar-refractivity contribution in [2.24, 2.45) is 50.7 Å². The van der Waals surface area contributed by atoms with Crippen molar-refractivity contribution < 1.29 is 33.4 Å². The number of esters is 2. The summed E-state index contributed by atoms with van der Waals surface area (Å²) in [5.41, 5.74) is -0.719. The van der Waals surface area contributed by atoms with Crippen LogP contribution in [0.25, 0.3) is 0 Å². The van der Waals surface area contributed by atoms with Gasteiger partial charge in [-0.1, -0.05) is 80.0 Å². The van der Waals surface area contributed by atoms with E-state index in [4.69, 9.17) is 14.2 Å². The maximum absolute atomic E-state index is 14.7. The Hall–Kier alpha value is -2.79. The van der Waals surface area contributed by atoms with Crippen molar-refractivity contribution in [1.29, 1.82) is 5.26 Å². The Morgan fingerprint density at radius 2 is 1.66 bits per heavy atom. The van der Waals surface area contributed by atoms with Crippen molar-refractivity contribution in [3.63, 3.8) is 0 Å². The van der Waals surface area contributed by atoms with E-state index in [2.05, 4.69) is 46.8 Å². The van der Waals surface area contributed by atoms with Crippen LogP contribution in [0.1, 0.15) is 140 Å². The number of fused-ring (bicyclic) bond motifs is 7. The molecule has 4 fully saturated rings. The number of hydrogen-bond acceptors (Lipinski definition) is 8. The second-order valence-electron chi connectivity index (χ2n) is 17.6. The van der Waals surface area contributed by atoms with Gasteiger partial charge in [0.2, 0.25) is 6.29 Å². The summed E-state index contributed by atoms with van der Waals surface area (Å²) in [5, 5.41) is 9.95. The van der Waals surface area contributed by atoms with Gasteiger partial charge in [-0.15, -0.1) is 0 Å². The fraction of sp³-hybridized carbons (Fsp3) is 0.786. The molecule has 8 heteroatoms. The number of rotatable bonds is 4. The number of ketones is 2. The Balaban J connectivity index is 0.00000239. The Morgan fingerprint density at radius 1 is 0.980 bits per heavy atom. The number of nitrogens with zero attached hydrogens (tertiary/aromatic N) is 1. The highest BCUT2D eigenvalue weighted by molar-refractivity contribution is 6.02. The molecule has 0 aromatic rings. The normalized spacial score (nSPS) is 43.3. The van der Waals surface area contributed by atoms with Gasteiger partial charge in [0.15, 0.2) is 5.78 Å². The van der Waals surface area contributed by atoms with Gasteiger partial charge in [-0.05, 0) is 79.4 Å². The van der Waals surface area contributed by atoms with Gasteiger partial charge in [-0.25, -0.2) is 0 Å². The lowest BCUT2D eigenvalue weighted by atomic mass is 9.37. The van der Waals surface area contributed by atoms with E-state index in [0.29, 0.717) is 38.5 Å². The van der Waals surface area contributed by atoms with Gasteiger partial charge in [0.1, 0.15) is 18.0 Å². The molecule has 6 aliphatic rings. The summed E-state index contributed by atoms with van der Waals surface area (Å²) in [6.45, 7) is 20.7. The van der Waals surface area contributed by atoms with E-state index < -0.39 is 22.5 Å². The van der Waals surface area contributed by atoms with Gasteiger partial charge in [-0.3, -0.25) is 19.2 Å². The number of hydrogen-bond donors (Lipinski definition) is 0. The first-order valence-corrected chi connectivity index (χ1v) is 19.4. The van der Waals surface area contributed by atoms with Crippen molar-refractivity contribution in [2.75, 3.05) is 0 Å². The molecule has 1 saturated heterocycles. The van der Waals surface area contributed by atoms with Crippen LogP contribution in [-0.4, -0.2) is 42.0 Å². The molecule has 276 valence electrons. The van der Waals surface area contributed by atoms with Crippen LogP contribution >= 0.6 is 0 Å². The Morgan fingerprint density at radius 3 is 2.30 bits per heavy atom. The summed E-state index contributed by atoms with van der Waals surface area (Å²) in [7, 11) is 0. The van der Waals surface area contributed by atoms with Crippen LogP contribution in [0.15, 0.2) is 23.3 Å². The molecule has 6 rings (SSSR count). The van der Waals surface area contributed by atoms with Gasteiger partial charge in [0.25, 0.3) is 0 Å². The van der Waals surface area contributed by atoms with E-state index >= 15 is 0 Å². The molecule has 1 aliphatic heterocycles. The van der Waals surface area contributed by atoms with Crippen LogP contribution in [0.2, 0.25) is 0 Å². The van der Waals surface area contributed by atoms with Crippen LogP contribution < -0.4 is 0 Å². The standard InChI is InChI=1S/C40H55NO7.C2H6/c1-9-26-18-27(46-24(3)42)19-32(47-26)48-35(45)40-16-14-36(4,5)21-29(40)33-30(43)10-11-31-37(6)20-25(22-41)34(44)23(2)28(37)12-13-38(31,7)39(33,8)15-17-40;1-2/h11,20,23,26-29,32-33H,9-10,12-19,21H2,1-8H3;1-2H3/t23?,26?,27?,28?,29?,32?,33?,37?,38?,39?,40-;/m0./s1. The average Bonchev–Trinajstić information content (AvgIpc) is 3.14. The summed E-state index contributed by atoms with van der Waals surface area (Å²) < 4.78 is 18.1. The van der Waals surface area contributed by atoms with Crippen molar-refractivity contribution in [1.82, 2.24) is 0 Å². The van der Waals surface area contributed by atoms with Gasteiger partial charge < -0.3 is 14.2 Å². The molecular formula is C42H61NO7. The minimum Gasteiger partial charge on any atom is -0.462 e. The number of carbonyl (C=O) groups is 4. The molecule has 0 N–H and O–H groups in total. The smallest absolute Gasteiger partial charge is 0.314 e. The third kappa shape index (κ3) is 6.01. The minimum atomic E-state index is -0.809. The number of allylic oxidation sites excluding steroid dienone is 4. The second kappa shape index (κ2) is 13.6. The first-order valence-electron chi connectivity index (χ1n) is 19.4. The van der Waals surface area contributed by atoms with Crippen LogP contribution in [0.3, 0.4) is 0 Å². The van der Waals surface area contributed by atoms with Crippen molar-refractivity contribution >= 4 is 23.5 Å². The van der Waals surface area contributed by atoms with Crippen LogP contribution in [0, 0.1) is 62.1 Å². The molecule has 0 aromatic heterocycles. The highest BCUT2D eigenvalue weighted by atomic mass is 16.7. The molecule has 50 heavy (non-hydrogen) atoms.